The molecule has 114 valence electrons. The molecular weight excluding hydrogens is 273 g/mol. The summed E-state index contributed by atoms with van der Waals surface area (Å²) in [5.41, 5.74) is 0. The lowest BCUT2D eigenvalue weighted by Gasteiger charge is -2.18. The number of nitrogens with one attached hydrogen (secondary N) is 1. The minimum atomic E-state index is -4.59. The van der Waals surface area contributed by atoms with Crippen molar-refractivity contribution in [3.05, 3.63) is 11.9 Å². The van der Waals surface area contributed by atoms with Crippen LogP contribution in [-0.2, 0) is 6.18 Å². The molecule has 0 unspecified atom stereocenters. The number of nitrogens with zero attached hydrogens (tertiary/aromatic N) is 3. The molecule has 0 saturated carbocycles. The summed E-state index contributed by atoms with van der Waals surface area (Å²) < 4.78 is 43.2. The molecule has 0 bridgehead atoms. The molecule has 0 radical (unpaired) electrons. The van der Waals surface area contributed by atoms with Crippen molar-refractivity contribution in [3.8, 4) is 5.88 Å². The summed E-state index contributed by atoms with van der Waals surface area (Å²) in [6.07, 6.45) is -4.59. The number of alkyl halides is 3. The second kappa shape index (κ2) is 7.28. The molecule has 0 aliphatic heterocycles. The average molecular weight is 292 g/mol. The first kappa shape index (κ1) is 16.5. The van der Waals surface area contributed by atoms with Crippen LogP contribution < -0.4 is 10.1 Å². The second-order valence-electron chi connectivity index (χ2n) is 4.04. The standard InChI is InChI=1S/C12H19F3N4O/c1-4-19(5-2)6-7-20-10-8-9(16-3)17-11(18-10)12(13,14)15/h8H,4-7H2,1-3H3,(H,16,17,18). The van der Waals surface area contributed by atoms with Crippen LogP contribution in [0.5, 0.6) is 5.88 Å². The highest BCUT2D eigenvalue weighted by atomic mass is 19.4. The van der Waals surface area contributed by atoms with Gasteiger partial charge in [0.2, 0.25) is 11.7 Å². The maximum Gasteiger partial charge on any atom is 0.451 e. The predicted molar refractivity (Wildman–Crippen MR) is 69.9 cm³/mol. The zero-order chi connectivity index (χ0) is 15.2. The molecule has 20 heavy (non-hydrogen) atoms. The Hall–Kier alpha value is -1.57. The second-order valence-corrected chi connectivity index (χ2v) is 4.04. The van der Waals surface area contributed by atoms with Crippen LogP contribution in [0.25, 0.3) is 0 Å². The van der Waals surface area contributed by atoms with Gasteiger partial charge in [0.1, 0.15) is 12.4 Å². The summed E-state index contributed by atoms with van der Waals surface area (Å²) in [4.78, 5) is 8.85. The van der Waals surface area contributed by atoms with Crippen molar-refractivity contribution in [2.24, 2.45) is 0 Å². The predicted octanol–water partition coefficient (Wildman–Crippen LogP) is 2.26. The first-order chi connectivity index (χ1) is 9.40. The van der Waals surface area contributed by atoms with Crippen molar-refractivity contribution >= 4 is 5.82 Å². The van der Waals surface area contributed by atoms with E-state index in [1.54, 1.807) is 0 Å². The van der Waals surface area contributed by atoms with Gasteiger partial charge in [-0.2, -0.15) is 18.2 Å². The van der Waals surface area contributed by atoms with Crippen LogP contribution in [0.2, 0.25) is 0 Å². The van der Waals surface area contributed by atoms with Crippen LogP contribution in [0.15, 0.2) is 6.07 Å². The zero-order valence-electron chi connectivity index (χ0n) is 11.8. The third kappa shape index (κ3) is 4.84. The molecule has 0 aromatic carbocycles. The highest BCUT2D eigenvalue weighted by molar-refractivity contribution is 5.38. The van der Waals surface area contributed by atoms with E-state index in [0.717, 1.165) is 13.1 Å². The van der Waals surface area contributed by atoms with Crippen LogP contribution in [0.1, 0.15) is 19.7 Å². The topological polar surface area (TPSA) is 50.3 Å². The lowest BCUT2D eigenvalue weighted by atomic mass is 10.4. The van der Waals surface area contributed by atoms with Gasteiger partial charge in [-0.25, -0.2) is 4.98 Å². The van der Waals surface area contributed by atoms with Crippen LogP contribution in [0, 0.1) is 0 Å². The molecule has 0 spiro atoms. The number of rotatable bonds is 7. The van der Waals surface area contributed by atoms with Crippen molar-refractivity contribution in [2.75, 3.05) is 38.6 Å². The molecule has 0 saturated heterocycles. The maximum atomic E-state index is 12.6. The van der Waals surface area contributed by atoms with Crippen LogP contribution >= 0.6 is 0 Å². The Morgan fingerprint density at radius 1 is 1.25 bits per heavy atom. The zero-order valence-corrected chi connectivity index (χ0v) is 11.8. The molecule has 1 rings (SSSR count). The summed E-state index contributed by atoms with van der Waals surface area (Å²) in [6.45, 7) is 6.65. The average Bonchev–Trinajstić information content (AvgIpc) is 2.42. The number of halogens is 3. The fourth-order valence-electron chi connectivity index (χ4n) is 1.57. The van der Waals surface area contributed by atoms with Crippen LogP contribution in [-0.4, -0.2) is 48.2 Å². The van der Waals surface area contributed by atoms with Gasteiger partial charge in [-0.15, -0.1) is 0 Å². The molecule has 5 nitrogen and oxygen atoms in total. The minimum Gasteiger partial charge on any atom is -0.476 e. The van der Waals surface area contributed by atoms with E-state index in [2.05, 4.69) is 20.2 Å². The van der Waals surface area contributed by atoms with E-state index >= 15 is 0 Å². The van der Waals surface area contributed by atoms with Gasteiger partial charge < -0.3 is 15.0 Å². The van der Waals surface area contributed by atoms with Gasteiger partial charge in [0, 0.05) is 19.7 Å². The Balaban J connectivity index is 2.74. The summed E-state index contributed by atoms with van der Waals surface area (Å²) >= 11 is 0. The van der Waals surface area contributed by atoms with E-state index in [1.165, 1.54) is 13.1 Å². The van der Waals surface area contributed by atoms with E-state index in [9.17, 15) is 13.2 Å². The smallest absolute Gasteiger partial charge is 0.451 e. The van der Waals surface area contributed by atoms with Gasteiger partial charge >= 0.3 is 6.18 Å². The molecule has 1 aromatic rings. The van der Waals surface area contributed by atoms with Gasteiger partial charge in [0.15, 0.2) is 0 Å². The van der Waals surface area contributed by atoms with Crippen molar-refractivity contribution < 1.29 is 17.9 Å². The quantitative estimate of drug-likeness (QED) is 0.835. The molecule has 0 fully saturated rings. The van der Waals surface area contributed by atoms with E-state index in [4.69, 9.17) is 4.74 Å². The van der Waals surface area contributed by atoms with Gasteiger partial charge in [-0.1, -0.05) is 13.8 Å². The fraction of sp³-hybridized carbons (Fsp3) is 0.667. The molecule has 1 heterocycles. The van der Waals surface area contributed by atoms with E-state index in [1.807, 2.05) is 13.8 Å². The molecule has 0 aliphatic carbocycles. The maximum absolute atomic E-state index is 12.6. The monoisotopic (exact) mass is 292 g/mol. The Bertz CT molecular complexity index is 422. The molecule has 0 amide bonds. The molecule has 1 N–H and O–H groups in total. The summed E-state index contributed by atoms with van der Waals surface area (Å²) in [6, 6.07) is 1.34. The van der Waals surface area contributed by atoms with E-state index in [-0.39, 0.29) is 18.3 Å². The van der Waals surface area contributed by atoms with Crippen molar-refractivity contribution in [1.29, 1.82) is 0 Å². The summed E-state index contributed by atoms with van der Waals surface area (Å²) in [5, 5.41) is 2.56. The van der Waals surface area contributed by atoms with Gasteiger partial charge in [-0.05, 0) is 13.1 Å². The summed E-state index contributed by atoms with van der Waals surface area (Å²) in [7, 11) is 1.49. The number of aromatic nitrogens is 2. The highest BCUT2D eigenvalue weighted by Crippen LogP contribution is 2.28. The number of ether oxygens (including phenoxy) is 1. The fourth-order valence-corrected chi connectivity index (χ4v) is 1.57. The van der Waals surface area contributed by atoms with Crippen molar-refractivity contribution in [2.45, 2.75) is 20.0 Å². The van der Waals surface area contributed by atoms with Crippen LogP contribution in [0.3, 0.4) is 0 Å². The molecule has 8 heteroatoms. The lowest BCUT2D eigenvalue weighted by molar-refractivity contribution is -0.145. The Morgan fingerprint density at radius 2 is 1.90 bits per heavy atom. The highest BCUT2D eigenvalue weighted by Gasteiger charge is 2.35. The molecule has 1 aromatic heterocycles. The largest absolute Gasteiger partial charge is 0.476 e. The first-order valence-corrected chi connectivity index (χ1v) is 6.39. The van der Waals surface area contributed by atoms with Gasteiger partial charge in [0.25, 0.3) is 0 Å². The Kier molecular flexibility index (Phi) is 6.00. The number of anilines is 1. The Labute approximate surface area is 116 Å². The third-order valence-electron chi connectivity index (χ3n) is 2.76. The van der Waals surface area contributed by atoms with E-state index in [0.29, 0.717) is 6.54 Å². The molecule has 0 atom stereocenters. The SMILES string of the molecule is CCN(CC)CCOc1cc(NC)nc(C(F)(F)F)n1. The Morgan fingerprint density at radius 3 is 2.40 bits per heavy atom. The number of likely N-dealkylation sites (N-methyl/N-ethyl adjacent to an activating group) is 1. The normalized spacial score (nSPS) is 11.8. The van der Waals surface area contributed by atoms with Crippen molar-refractivity contribution in [3.63, 3.8) is 0 Å². The number of hydrogen-bond donors (Lipinski definition) is 1. The van der Waals surface area contributed by atoms with Gasteiger partial charge in [-0.3, -0.25) is 0 Å². The third-order valence-corrected chi connectivity index (χ3v) is 2.76. The van der Waals surface area contributed by atoms with Crippen LogP contribution in [0.4, 0.5) is 19.0 Å². The summed E-state index contributed by atoms with van der Waals surface area (Å²) in [5.74, 6) is -1.21. The van der Waals surface area contributed by atoms with Crippen molar-refractivity contribution in [1.82, 2.24) is 14.9 Å². The first-order valence-electron chi connectivity index (χ1n) is 6.39. The van der Waals surface area contributed by atoms with Gasteiger partial charge in [0.05, 0.1) is 0 Å². The number of hydrogen-bond acceptors (Lipinski definition) is 5. The molecular formula is C12H19F3N4O. The minimum absolute atomic E-state index is 0.0742. The lowest BCUT2D eigenvalue weighted by Crippen LogP contribution is -2.28. The molecule has 0 aliphatic rings. The van der Waals surface area contributed by atoms with E-state index < -0.39 is 12.0 Å².